The highest BCUT2D eigenvalue weighted by molar-refractivity contribution is 7.89. The van der Waals surface area contributed by atoms with E-state index in [0.717, 1.165) is 11.3 Å². The molecule has 0 unspecified atom stereocenters. The lowest BCUT2D eigenvalue weighted by Gasteiger charge is -2.07. The number of aliphatic imine (C=N–C) groups is 1. The number of guanidine groups is 1. The molecule has 0 fully saturated rings. The lowest BCUT2D eigenvalue weighted by molar-refractivity contribution is 0.204. The van der Waals surface area contributed by atoms with Crippen LogP contribution in [-0.2, 0) is 21.3 Å². The van der Waals surface area contributed by atoms with Crippen molar-refractivity contribution in [3.63, 3.8) is 0 Å². The molecule has 7 nitrogen and oxygen atoms in total. The maximum atomic E-state index is 12.1. The molecule has 0 aliphatic heterocycles. The molecule has 0 atom stereocenters. The molecule has 0 radical (unpaired) electrons. The number of methoxy groups -OCH3 is 1. The molecule has 0 aliphatic carbocycles. The van der Waals surface area contributed by atoms with Gasteiger partial charge in [0.25, 0.3) is 0 Å². The Morgan fingerprint density at radius 2 is 1.80 bits per heavy atom. The van der Waals surface area contributed by atoms with Crippen molar-refractivity contribution in [2.45, 2.75) is 11.4 Å². The average molecular weight is 362 g/mol. The fourth-order valence-electron chi connectivity index (χ4n) is 2.02. The third kappa shape index (κ3) is 6.18. The third-order valence-electron chi connectivity index (χ3n) is 3.31. The first-order valence-corrected chi connectivity index (χ1v) is 9.19. The highest BCUT2D eigenvalue weighted by Gasteiger charge is 2.12. The van der Waals surface area contributed by atoms with E-state index in [2.05, 4.69) is 15.0 Å². The first kappa shape index (κ1) is 18.9. The molecule has 0 saturated carbocycles. The highest BCUT2D eigenvalue weighted by atomic mass is 32.2. The molecule has 25 heavy (non-hydrogen) atoms. The van der Waals surface area contributed by atoms with Crippen molar-refractivity contribution < 1.29 is 13.2 Å². The van der Waals surface area contributed by atoms with Gasteiger partial charge < -0.3 is 15.8 Å². The van der Waals surface area contributed by atoms with Gasteiger partial charge >= 0.3 is 0 Å². The molecule has 134 valence electrons. The molecule has 2 aromatic rings. The molecule has 0 bridgehead atoms. The number of para-hydroxylation sites is 1. The van der Waals surface area contributed by atoms with Gasteiger partial charge in [0.2, 0.25) is 10.0 Å². The fraction of sp³-hybridized carbons (Fsp3) is 0.235. The average Bonchev–Trinajstić information content (AvgIpc) is 2.61. The number of nitrogens with zero attached hydrogens (tertiary/aromatic N) is 1. The van der Waals surface area contributed by atoms with E-state index < -0.39 is 10.0 Å². The van der Waals surface area contributed by atoms with Crippen LogP contribution < -0.4 is 15.8 Å². The summed E-state index contributed by atoms with van der Waals surface area (Å²) in [7, 11) is -2.01. The topological polar surface area (TPSA) is 106 Å². The van der Waals surface area contributed by atoms with E-state index in [9.17, 15) is 8.42 Å². The largest absolute Gasteiger partial charge is 0.383 e. The van der Waals surface area contributed by atoms with Crippen molar-refractivity contribution in [3.05, 3.63) is 60.2 Å². The van der Waals surface area contributed by atoms with Crippen LogP contribution >= 0.6 is 0 Å². The smallest absolute Gasteiger partial charge is 0.240 e. The van der Waals surface area contributed by atoms with Crippen LogP contribution in [0.2, 0.25) is 0 Å². The van der Waals surface area contributed by atoms with Gasteiger partial charge in [-0.15, -0.1) is 0 Å². The monoisotopic (exact) mass is 362 g/mol. The lowest BCUT2D eigenvalue weighted by atomic mass is 10.2. The second kappa shape index (κ2) is 9.16. The maximum Gasteiger partial charge on any atom is 0.240 e. The van der Waals surface area contributed by atoms with E-state index >= 15 is 0 Å². The number of nitrogens with one attached hydrogen (secondary N) is 2. The van der Waals surface area contributed by atoms with Gasteiger partial charge in [0.1, 0.15) is 0 Å². The zero-order valence-electron chi connectivity index (χ0n) is 14.0. The molecular weight excluding hydrogens is 340 g/mol. The van der Waals surface area contributed by atoms with Crippen molar-refractivity contribution in [1.29, 1.82) is 0 Å². The lowest BCUT2D eigenvalue weighted by Crippen LogP contribution is -2.27. The Morgan fingerprint density at radius 1 is 1.12 bits per heavy atom. The van der Waals surface area contributed by atoms with E-state index in [1.54, 1.807) is 24.3 Å². The summed E-state index contributed by atoms with van der Waals surface area (Å²) >= 11 is 0. The van der Waals surface area contributed by atoms with E-state index in [0.29, 0.717) is 19.1 Å². The van der Waals surface area contributed by atoms with E-state index in [-0.39, 0.29) is 11.4 Å². The number of anilines is 1. The Labute approximate surface area is 148 Å². The van der Waals surface area contributed by atoms with Gasteiger partial charge in [-0.05, 0) is 29.8 Å². The van der Waals surface area contributed by atoms with Crippen LogP contribution in [0, 0.1) is 0 Å². The summed E-state index contributed by atoms with van der Waals surface area (Å²) in [6, 6.07) is 16.0. The van der Waals surface area contributed by atoms with Gasteiger partial charge in [-0.1, -0.05) is 30.3 Å². The first-order valence-electron chi connectivity index (χ1n) is 7.71. The molecule has 2 aromatic carbocycles. The number of ether oxygens (including phenoxy) is 1. The van der Waals surface area contributed by atoms with Crippen molar-refractivity contribution in [1.82, 2.24) is 4.72 Å². The van der Waals surface area contributed by atoms with Gasteiger partial charge in [-0.3, -0.25) is 0 Å². The molecule has 0 amide bonds. The minimum atomic E-state index is -3.52. The van der Waals surface area contributed by atoms with Gasteiger partial charge in [0.05, 0.1) is 18.0 Å². The third-order valence-corrected chi connectivity index (χ3v) is 4.79. The molecular formula is C17H22N4O3S. The fourth-order valence-corrected chi connectivity index (χ4v) is 3.03. The van der Waals surface area contributed by atoms with Crippen LogP contribution in [-0.4, -0.2) is 34.6 Å². The summed E-state index contributed by atoms with van der Waals surface area (Å²) < 4.78 is 31.4. The zero-order valence-corrected chi connectivity index (χ0v) is 14.8. The molecule has 0 aliphatic rings. The number of hydrogen-bond acceptors (Lipinski definition) is 4. The number of hydrogen-bond donors (Lipinski definition) is 3. The highest BCUT2D eigenvalue weighted by Crippen LogP contribution is 2.11. The van der Waals surface area contributed by atoms with Crippen LogP contribution in [0.25, 0.3) is 0 Å². The van der Waals surface area contributed by atoms with Gasteiger partial charge in [-0.25, -0.2) is 18.1 Å². The van der Waals surface area contributed by atoms with Gasteiger partial charge in [0, 0.05) is 19.3 Å². The van der Waals surface area contributed by atoms with Crippen molar-refractivity contribution in [2.75, 3.05) is 25.6 Å². The molecule has 0 aromatic heterocycles. The van der Waals surface area contributed by atoms with Crippen molar-refractivity contribution in [2.24, 2.45) is 10.7 Å². The second-order valence-corrected chi connectivity index (χ2v) is 6.99. The number of nitrogens with two attached hydrogens (primary N) is 1. The Kier molecular flexibility index (Phi) is 6.93. The van der Waals surface area contributed by atoms with E-state index in [1.807, 2.05) is 30.3 Å². The van der Waals surface area contributed by atoms with Crippen LogP contribution in [0.15, 0.2) is 64.5 Å². The molecule has 2 rings (SSSR count). The Balaban J connectivity index is 1.94. The molecule has 4 N–H and O–H groups in total. The van der Waals surface area contributed by atoms with Gasteiger partial charge in [0.15, 0.2) is 5.96 Å². The minimum Gasteiger partial charge on any atom is -0.383 e. The maximum absolute atomic E-state index is 12.1. The van der Waals surface area contributed by atoms with Crippen LogP contribution in [0.1, 0.15) is 5.56 Å². The summed E-state index contributed by atoms with van der Waals surface area (Å²) in [4.78, 5) is 4.44. The summed E-state index contributed by atoms with van der Waals surface area (Å²) in [5.74, 6) is 0.295. The standard InChI is InChI=1S/C17H22N4O3S/c1-24-12-11-20-25(22,23)16-9-7-14(8-10-16)13-19-17(18)21-15-5-3-2-4-6-15/h2-10,20H,11-13H2,1H3,(H3,18,19,21). The summed E-state index contributed by atoms with van der Waals surface area (Å²) in [6.45, 7) is 0.898. The summed E-state index contributed by atoms with van der Waals surface area (Å²) in [5.41, 5.74) is 7.55. The zero-order chi connectivity index (χ0) is 18.1. The molecule has 0 spiro atoms. The van der Waals surface area contributed by atoms with Crippen molar-refractivity contribution in [3.8, 4) is 0 Å². The predicted molar refractivity (Wildman–Crippen MR) is 98.9 cm³/mol. The SMILES string of the molecule is COCCNS(=O)(=O)c1ccc(CN=C(N)Nc2ccccc2)cc1. The minimum absolute atomic E-state index is 0.201. The summed E-state index contributed by atoms with van der Waals surface area (Å²) in [6.07, 6.45) is 0. The number of rotatable bonds is 8. The van der Waals surface area contributed by atoms with Crippen LogP contribution in [0.4, 0.5) is 5.69 Å². The second-order valence-electron chi connectivity index (χ2n) is 5.23. The van der Waals surface area contributed by atoms with Crippen LogP contribution in [0.5, 0.6) is 0 Å². The van der Waals surface area contributed by atoms with Crippen LogP contribution in [0.3, 0.4) is 0 Å². The summed E-state index contributed by atoms with van der Waals surface area (Å²) in [5, 5.41) is 2.99. The predicted octanol–water partition coefficient (Wildman–Crippen LogP) is 1.54. The van der Waals surface area contributed by atoms with E-state index in [1.165, 1.54) is 7.11 Å². The number of sulfonamides is 1. The molecule has 0 heterocycles. The Morgan fingerprint density at radius 3 is 2.44 bits per heavy atom. The first-order chi connectivity index (χ1) is 12.0. The molecule has 0 saturated heterocycles. The van der Waals surface area contributed by atoms with E-state index in [4.69, 9.17) is 10.5 Å². The molecule has 8 heteroatoms. The van der Waals surface area contributed by atoms with Crippen molar-refractivity contribution >= 4 is 21.7 Å². The van der Waals surface area contributed by atoms with Gasteiger partial charge in [-0.2, -0.15) is 0 Å². The normalized spacial score (nSPS) is 12.1. The Bertz CT molecular complexity index is 790. The quantitative estimate of drug-likeness (QED) is 0.375. The number of benzene rings is 2. The Hall–Kier alpha value is -2.42.